The first-order valence-electron chi connectivity index (χ1n) is 13.9. The first kappa shape index (κ1) is 31.3. The number of aryl methyl sites for hydroxylation is 2. The van der Waals surface area contributed by atoms with Gasteiger partial charge in [-0.2, -0.15) is 0 Å². The highest BCUT2D eigenvalue weighted by molar-refractivity contribution is 6.07. The number of anilines is 3. The number of amidine groups is 1. The predicted molar refractivity (Wildman–Crippen MR) is 175 cm³/mol. The first-order chi connectivity index (χ1) is 21.0. The maximum Gasteiger partial charge on any atom is 0.272 e. The van der Waals surface area contributed by atoms with Crippen molar-refractivity contribution in [3.8, 4) is 0 Å². The van der Waals surface area contributed by atoms with E-state index in [4.69, 9.17) is 5.73 Å². The van der Waals surface area contributed by atoms with Crippen molar-refractivity contribution in [3.63, 3.8) is 0 Å². The van der Waals surface area contributed by atoms with Gasteiger partial charge in [0.2, 0.25) is 0 Å². The van der Waals surface area contributed by atoms with Crippen LogP contribution in [0, 0.1) is 0 Å². The van der Waals surface area contributed by atoms with Crippen molar-refractivity contribution in [2.45, 2.75) is 6.42 Å². The van der Waals surface area contributed by atoms with Crippen LogP contribution in [0.2, 0.25) is 0 Å². The average Bonchev–Trinajstić information content (AvgIpc) is 3.57. The Morgan fingerprint density at radius 2 is 1.50 bits per heavy atom. The van der Waals surface area contributed by atoms with Crippen LogP contribution in [0.4, 0.5) is 17.1 Å². The Morgan fingerprint density at radius 1 is 0.886 bits per heavy atom. The van der Waals surface area contributed by atoms with Gasteiger partial charge in [0.1, 0.15) is 11.4 Å². The van der Waals surface area contributed by atoms with Crippen molar-refractivity contribution in [2.75, 3.05) is 43.2 Å². The fourth-order valence-electron chi connectivity index (χ4n) is 4.33. The van der Waals surface area contributed by atoms with E-state index in [0.29, 0.717) is 52.8 Å². The Labute approximate surface area is 256 Å². The fourth-order valence-corrected chi connectivity index (χ4v) is 4.33. The summed E-state index contributed by atoms with van der Waals surface area (Å²) in [4.78, 5) is 48.7. The van der Waals surface area contributed by atoms with Crippen LogP contribution in [0.25, 0.3) is 12.2 Å². The molecule has 0 unspecified atom stereocenters. The van der Waals surface area contributed by atoms with E-state index in [2.05, 4.69) is 25.9 Å². The molecule has 1 aromatic carbocycles. The number of nitrogens with zero attached hydrogens (tertiary/aromatic N) is 5. The molecule has 0 spiro atoms. The molecule has 0 bridgehead atoms. The van der Waals surface area contributed by atoms with E-state index in [1.165, 1.54) is 6.20 Å². The predicted octanol–water partition coefficient (Wildman–Crippen LogP) is 3.61. The lowest BCUT2D eigenvalue weighted by Crippen LogP contribution is -2.29. The van der Waals surface area contributed by atoms with Crippen LogP contribution >= 0.6 is 0 Å². The molecular formula is C32H37N9O3. The van der Waals surface area contributed by atoms with E-state index in [1.54, 1.807) is 66.9 Å². The van der Waals surface area contributed by atoms with Crippen LogP contribution in [-0.4, -0.2) is 65.4 Å². The number of benzene rings is 1. The molecule has 12 heteroatoms. The van der Waals surface area contributed by atoms with Gasteiger partial charge >= 0.3 is 0 Å². The van der Waals surface area contributed by atoms with Crippen molar-refractivity contribution in [1.29, 1.82) is 0 Å². The Hall–Kier alpha value is -5.65. The number of aliphatic imine (C=N–C) groups is 1. The van der Waals surface area contributed by atoms with Gasteiger partial charge in [0, 0.05) is 72.5 Å². The molecule has 0 saturated heterocycles. The number of hydrogen-bond donors (Lipinski definition) is 4. The first-order valence-corrected chi connectivity index (χ1v) is 13.9. The molecule has 228 valence electrons. The molecule has 0 radical (unpaired) electrons. The maximum atomic E-state index is 13.0. The molecule has 44 heavy (non-hydrogen) atoms. The van der Waals surface area contributed by atoms with Crippen LogP contribution in [0.3, 0.4) is 0 Å². The van der Waals surface area contributed by atoms with Crippen molar-refractivity contribution in [3.05, 3.63) is 95.3 Å². The summed E-state index contributed by atoms with van der Waals surface area (Å²) in [6, 6.07) is 14.8. The highest BCUT2D eigenvalue weighted by Gasteiger charge is 2.17. The van der Waals surface area contributed by atoms with E-state index in [0.717, 1.165) is 11.3 Å². The highest BCUT2D eigenvalue weighted by atomic mass is 16.2. The van der Waals surface area contributed by atoms with Gasteiger partial charge in [0.25, 0.3) is 17.7 Å². The molecule has 0 fully saturated rings. The molecule has 5 N–H and O–H groups in total. The van der Waals surface area contributed by atoms with Crippen LogP contribution in [0.15, 0.2) is 72.1 Å². The summed E-state index contributed by atoms with van der Waals surface area (Å²) in [6.45, 7) is 0.344. The summed E-state index contributed by atoms with van der Waals surface area (Å²) in [7, 11) is 9.00. The normalized spacial score (nSPS) is 11.4. The van der Waals surface area contributed by atoms with Crippen LogP contribution in [0.5, 0.6) is 0 Å². The van der Waals surface area contributed by atoms with Gasteiger partial charge in [0.15, 0.2) is 0 Å². The number of amides is 3. The van der Waals surface area contributed by atoms with Crippen molar-refractivity contribution < 1.29 is 14.4 Å². The third kappa shape index (κ3) is 8.00. The molecule has 0 aliphatic heterocycles. The summed E-state index contributed by atoms with van der Waals surface area (Å²) in [5.41, 5.74) is 10.5. The zero-order chi connectivity index (χ0) is 31.8. The Balaban J connectivity index is 1.34. The minimum absolute atomic E-state index is 0.297. The monoisotopic (exact) mass is 595 g/mol. The summed E-state index contributed by atoms with van der Waals surface area (Å²) in [5, 5.41) is 8.40. The third-order valence-corrected chi connectivity index (χ3v) is 6.85. The quantitative estimate of drug-likeness (QED) is 0.154. The van der Waals surface area contributed by atoms with Crippen molar-refractivity contribution in [1.82, 2.24) is 19.4 Å². The van der Waals surface area contributed by atoms with Crippen molar-refractivity contribution in [2.24, 2.45) is 24.8 Å². The number of nitrogens with two attached hydrogens (primary N) is 1. The topological polar surface area (TPSA) is 152 Å². The van der Waals surface area contributed by atoms with Gasteiger partial charge in [-0.3, -0.25) is 24.4 Å². The molecular weight excluding hydrogens is 558 g/mol. The number of pyridine rings is 1. The van der Waals surface area contributed by atoms with Crippen LogP contribution < -0.4 is 26.6 Å². The molecule has 0 atom stereocenters. The second-order valence-electron chi connectivity index (χ2n) is 10.4. The average molecular weight is 596 g/mol. The van der Waals surface area contributed by atoms with E-state index in [-0.39, 0.29) is 11.8 Å². The summed E-state index contributed by atoms with van der Waals surface area (Å²) in [5.74, 6) is -0.597. The van der Waals surface area contributed by atoms with Gasteiger partial charge in [-0.05, 0) is 48.0 Å². The molecule has 0 aliphatic rings. The van der Waals surface area contributed by atoms with Crippen molar-refractivity contribution >= 4 is 52.8 Å². The van der Waals surface area contributed by atoms with Gasteiger partial charge in [-0.25, -0.2) is 0 Å². The highest BCUT2D eigenvalue weighted by Crippen LogP contribution is 2.19. The summed E-state index contributed by atoms with van der Waals surface area (Å²) < 4.78 is 3.23. The smallest absolute Gasteiger partial charge is 0.272 e. The number of aromatic nitrogens is 3. The molecule has 3 heterocycles. The van der Waals surface area contributed by atoms with E-state index >= 15 is 0 Å². The Kier molecular flexibility index (Phi) is 9.96. The lowest BCUT2D eigenvalue weighted by atomic mass is 10.1. The molecule has 3 amide bonds. The minimum Gasteiger partial charge on any atom is -0.387 e. The molecule has 12 nitrogen and oxygen atoms in total. The zero-order valence-electron chi connectivity index (χ0n) is 25.5. The van der Waals surface area contributed by atoms with Gasteiger partial charge < -0.3 is 35.7 Å². The summed E-state index contributed by atoms with van der Waals surface area (Å²) in [6.07, 6.45) is 9.09. The Bertz CT molecular complexity index is 1700. The van der Waals surface area contributed by atoms with E-state index in [9.17, 15) is 14.4 Å². The number of carbonyl (C=O) groups excluding carboxylic acids is 3. The van der Waals surface area contributed by atoms with Gasteiger partial charge in [-0.1, -0.05) is 18.2 Å². The number of carbonyl (C=O) groups is 3. The Morgan fingerprint density at radius 3 is 2.07 bits per heavy atom. The number of nitrogens with one attached hydrogen (secondary N) is 3. The van der Waals surface area contributed by atoms with E-state index in [1.807, 2.05) is 55.4 Å². The molecule has 0 aliphatic carbocycles. The molecule has 0 saturated carbocycles. The standard InChI is InChI=1S/C32H37N9O3/c1-34-29(33)14-15-35-31(43)27-16-25(20-40(27)4)38-32(44)28-17-24(19-41(28)5)37-30(42)22-9-11-23(36-18-22)10-6-21-7-12-26(13-8-21)39(2)3/h6-13,16-20H,14-15H2,1-5H3,(H2,33,34)(H,35,43)(H,37,42)(H,38,44). The molecule has 3 aromatic heterocycles. The second-order valence-corrected chi connectivity index (χ2v) is 10.4. The third-order valence-electron chi connectivity index (χ3n) is 6.85. The largest absolute Gasteiger partial charge is 0.387 e. The lowest BCUT2D eigenvalue weighted by molar-refractivity contribution is 0.0945. The SMILES string of the molecule is CN=C(N)CCNC(=O)c1cc(NC(=O)c2cc(NC(=O)c3ccc(C=Cc4ccc(N(C)C)cc4)nc3)cn2C)cn1C. The van der Waals surface area contributed by atoms with Gasteiger partial charge in [-0.15, -0.1) is 0 Å². The van der Waals surface area contributed by atoms with E-state index < -0.39 is 5.91 Å². The number of rotatable bonds is 11. The van der Waals surface area contributed by atoms with Crippen LogP contribution in [0.1, 0.15) is 49.0 Å². The molecule has 4 aromatic rings. The molecule has 4 rings (SSSR count). The number of hydrogen-bond acceptors (Lipinski definition) is 6. The fraction of sp³-hybridized carbons (Fsp3) is 0.219. The lowest BCUT2D eigenvalue weighted by Gasteiger charge is -2.11. The minimum atomic E-state index is -0.397. The summed E-state index contributed by atoms with van der Waals surface area (Å²) >= 11 is 0. The van der Waals surface area contributed by atoms with Crippen LogP contribution in [-0.2, 0) is 14.1 Å². The van der Waals surface area contributed by atoms with Gasteiger partial charge in [0.05, 0.1) is 28.5 Å². The second kappa shape index (κ2) is 14.0. The maximum absolute atomic E-state index is 13.0. The zero-order valence-corrected chi connectivity index (χ0v) is 25.5.